The van der Waals surface area contributed by atoms with Gasteiger partial charge in [0.1, 0.15) is 5.76 Å². The van der Waals surface area contributed by atoms with Crippen LogP contribution in [0.25, 0.3) is 0 Å². The summed E-state index contributed by atoms with van der Waals surface area (Å²) in [7, 11) is 0. The van der Waals surface area contributed by atoms with Crippen LogP contribution in [0.5, 0.6) is 0 Å². The van der Waals surface area contributed by atoms with Crippen molar-refractivity contribution < 1.29 is 14.1 Å². The second-order valence-electron chi connectivity index (χ2n) is 6.11. The Morgan fingerprint density at radius 1 is 1.23 bits per heavy atom. The largest absolute Gasteiger partial charge is 0.360 e. The average molecular weight is 375 g/mol. The van der Waals surface area contributed by atoms with Gasteiger partial charge in [-0.25, -0.2) is 0 Å². The molecule has 26 heavy (non-hydrogen) atoms. The van der Waals surface area contributed by atoms with E-state index in [0.29, 0.717) is 11.6 Å². The van der Waals surface area contributed by atoms with E-state index < -0.39 is 0 Å². The Balaban J connectivity index is 1.74. The molecule has 2 aromatic rings. The third-order valence-electron chi connectivity index (χ3n) is 3.77. The van der Waals surface area contributed by atoms with E-state index in [0.717, 1.165) is 24.9 Å². The molecule has 0 aliphatic heterocycles. The quantitative estimate of drug-likeness (QED) is 0.691. The first-order chi connectivity index (χ1) is 12.5. The maximum absolute atomic E-state index is 12.1. The van der Waals surface area contributed by atoms with Crippen LogP contribution in [0.3, 0.4) is 0 Å². The molecule has 1 heterocycles. The van der Waals surface area contributed by atoms with Gasteiger partial charge in [0.2, 0.25) is 11.8 Å². The molecular weight excluding hydrogens is 350 g/mol. The molecule has 2 N–H and O–H groups in total. The van der Waals surface area contributed by atoms with Gasteiger partial charge < -0.3 is 15.2 Å². The zero-order valence-electron chi connectivity index (χ0n) is 15.4. The lowest BCUT2D eigenvalue weighted by Crippen LogP contribution is -2.25. The van der Waals surface area contributed by atoms with Crippen LogP contribution in [0.15, 0.2) is 34.9 Å². The Labute approximate surface area is 158 Å². The number of anilines is 2. The van der Waals surface area contributed by atoms with E-state index in [1.54, 1.807) is 19.9 Å². The van der Waals surface area contributed by atoms with Crippen molar-refractivity contribution in [3.8, 4) is 0 Å². The number of carbonyl (C=O) groups is 2. The summed E-state index contributed by atoms with van der Waals surface area (Å²) in [5, 5.41) is 8.86. The lowest BCUT2D eigenvalue weighted by molar-refractivity contribution is -0.115. The lowest BCUT2D eigenvalue weighted by Gasteiger charge is -2.11. The van der Waals surface area contributed by atoms with Gasteiger partial charge in [0.05, 0.1) is 11.0 Å². The van der Waals surface area contributed by atoms with Gasteiger partial charge in [-0.2, -0.15) is 0 Å². The zero-order valence-corrected chi connectivity index (χ0v) is 16.2. The topological polar surface area (TPSA) is 84.2 Å². The molecule has 0 radical (unpaired) electrons. The summed E-state index contributed by atoms with van der Waals surface area (Å²) in [6, 6.07) is 9.54. The van der Waals surface area contributed by atoms with E-state index in [4.69, 9.17) is 4.52 Å². The molecule has 0 saturated heterocycles. The minimum Gasteiger partial charge on any atom is -0.360 e. The molecule has 2 rings (SSSR count). The molecule has 0 aliphatic rings. The number of amides is 2. The number of thioether (sulfide) groups is 1. The van der Waals surface area contributed by atoms with E-state index in [2.05, 4.69) is 22.7 Å². The molecule has 0 aliphatic carbocycles. The fourth-order valence-electron chi connectivity index (χ4n) is 2.26. The van der Waals surface area contributed by atoms with Gasteiger partial charge in [-0.05, 0) is 44.4 Å². The number of hydrogen-bond donors (Lipinski definition) is 2. The molecule has 1 aromatic heterocycles. The third-order valence-corrected chi connectivity index (χ3v) is 4.91. The molecular formula is C19H25N3O3S. The molecule has 0 saturated carbocycles. The smallest absolute Gasteiger partial charge is 0.238 e. The van der Waals surface area contributed by atoms with Crippen molar-refractivity contribution in [2.24, 2.45) is 0 Å². The zero-order chi connectivity index (χ0) is 18.9. The fraction of sp³-hybridized carbons (Fsp3) is 0.421. The van der Waals surface area contributed by atoms with Crippen LogP contribution >= 0.6 is 11.8 Å². The third kappa shape index (κ3) is 6.55. The Bertz CT molecular complexity index is 728. The van der Waals surface area contributed by atoms with Gasteiger partial charge in [0, 0.05) is 11.8 Å². The minimum atomic E-state index is -0.380. The van der Waals surface area contributed by atoms with Gasteiger partial charge in [-0.15, -0.1) is 11.8 Å². The summed E-state index contributed by atoms with van der Waals surface area (Å²) >= 11 is 1.27. The van der Waals surface area contributed by atoms with Crippen LogP contribution < -0.4 is 10.6 Å². The van der Waals surface area contributed by atoms with Crippen LogP contribution in [0, 0.1) is 6.92 Å². The van der Waals surface area contributed by atoms with Gasteiger partial charge in [-0.1, -0.05) is 30.6 Å². The molecule has 6 nitrogen and oxygen atoms in total. The first kappa shape index (κ1) is 20.0. The number of aryl methyl sites for hydroxylation is 2. The van der Waals surface area contributed by atoms with Gasteiger partial charge in [0.15, 0.2) is 5.82 Å². The van der Waals surface area contributed by atoms with Crippen LogP contribution in [-0.4, -0.2) is 28.0 Å². The second kappa shape index (κ2) is 10.0. The van der Waals surface area contributed by atoms with Crippen molar-refractivity contribution in [2.45, 2.75) is 45.3 Å². The van der Waals surface area contributed by atoms with Crippen LogP contribution in [0.1, 0.15) is 38.0 Å². The summed E-state index contributed by atoms with van der Waals surface area (Å²) in [4.78, 5) is 24.1. The predicted molar refractivity (Wildman–Crippen MR) is 105 cm³/mol. The SMILES string of the molecule is CCCCc1ccc(NC(=O)CSC(C)C(=O)Nc2cc(C)on2)cc1. The Kier molecular flexibility index (Phi) is 7.72. The summed E-state index contributed by atoms with van der Waals surface area (Å²) in [5.74, 6) is 0.863. The molecule has 2 amide bonds. The van der Waals surface area contributed by atoms with E-state index in [-0.39, 0.29) is 22.8 Å². The highest BCUT2D eigenvalue weighted by atomic mass is 32.2. The number of rotatable bonds is 9. The number of aromatic nitrogens is 1. The predicted octanol–water partition coefficient (Wildman–Crippen LogP) is 4.02. The maximum Gasteiger partial charge on any atom is 0.238 e. The van der Waals surface area contributed by atoms with Crippen molar-refractivity contribution in [3.05, 3.63) is 41.7 Å². The molecule has 0 bridgehead atoms. The number of benzene rings is 1. The van der Waals surface area contributed by atoms with Crippen molar-refractivity contribution in [3.63, 3.8) is 0 Å². The highest BCUT2D eigenvalue weighted by Gasteiger charge is 2.16. The number of nitrogens with zero attached hydrogens (tertiary/aromatic N) is 1. The van der Waals surface area contributed by atoms with Crippen molar-refractivity contribution >= 4 is 35.1 Å². The summed E-state index contributed by atoms with van der Waals surface area (Å²) < 4.78 is 4.90. The van der Waals surface area contributed by atoms with Crippen molar-refractivity contribution in [2.75, 3.05) is 16.4 Å². The molecule has 1 unspecified atom stereocenters. The first-order valence-corrected chi connectivity index (χ1v) is 9.77. The van der Waals surface area contributed by atoms with Gasteiger partial charge in [-0.3, -0.25) is 9.59 Å². The first-order valence-electron chi connectivity index (χ1n) is 8.72. The molecule has 7 heteroatoms. The van der Waals surface area contributed by atoms with Crippen LogP contribution in [-0.2, 0) is 16.0 Å². The molecule has 1 atom stereocenters. The normalized spacial score (nSPS) is 11.8. The number of unbranched alkanes of at least 4 members (excludes halogenated alkanes) is 1. The van der Waals surface area contributed by atoms with Crippen molar-refractivity contribution in [1.29, 1.82) is 0 Å². The highest BCUT2D eigenvalue weighted by molar-refractivity contribution is 8.01. The summed E-state index contributed by atoms with van der Waals surface area (Å²) in [5.41, 5.74) is 2.04. The van der Waals surface area contributed by atoms with E-state index in [1.165, 1.54) is 17.3 Å². The van der Waals surface area contributed by atoms with Crippen LogP contribution in [0.2, 0.25) is 0 Å². The Morgan fingerprint density at radius 2 is 1.96 bits per heavy atom. The number of hydrogen-bond acceptors (Lipinski definition) is 5. The van der Waals surface area contributed by atoms with E-state index in [1.807, 2.05) is 24.3 Å². The Morgan fingerprint density at radius 3 is 2.58 bits per heavy atom. The highest BCUT2D eigenvalue weighted by Crippen LogP contribution is 2.16. The average Bonchev–Trinajstić information content (AvgIpc) is 3.03. The molecule has 1 aromatic carbocycles. The molecule has 140 valence electrons. The van der Waals surface area contributed by atoms with Crippen LogP contribution in [0.4, 0.5) is 11.5 Å². The number of nitrogens with one attached hydrogen (secondary N) is 2. The molecule has 0 fully saturated rings. The second-order valence-corrected chi connectivity index (χ2v) is 7.44. The maximum atomic E-state index is 12.1. The standard InChI is InChI=1S/C19H25N3O3S/c1-4-5-6-15-7-9-16(10-8-15)20-18(23)12-26-14(3)19(24)21-17-11-13(2)25-22-17/h7-11,14H,4-6,12H2,1-3H3,(H,20,23)(H,21,22,24). The fourth-order valence-corrected chi connectivity index (χ4v) is 2.95. The van der Waals surface area contributed by atoms with Gasteiger partial charge in [0.25, 0.3) is 0 Å². The lowest BCUT2D eigenvalue weighted by atomic mass is 10.1. The van der Waals surface area contributed by atoms with E-state index >= 15 is 0 Å². The minimum absolute atomic E-state index is 0.131. The summed E-state index contributed by atoms with van der Waals surface area (Å²) in [6.07, 6.45) is 3.38. The van der Waals surface area contributed by atoms with E-state index in [9.17, 15) is 9.59 Å². The summed E-state index contributed by atoms with van der Waals surface area (Å²) in [6.45, 7) is 5.67. The van der Waals surface area contributed by atoms with Crippen molar-refractivity contribution in [1.82, 2.24) is 5.16 Å². The number of carbonyl (C=O) groups excluding carboxylic acids is 2. The van der Waals surface area contributed by atoms with Gasteiger partial charge >= 0.3 is 0 Å². The molecule has 0 spiro atoms. The Hall–Kier alpha value is -2.28. The monoisotopic (exact) mass is 375 g/mol.